The minimum absolute atomic E-state index is 0.105. The van der Waals surface area contributed by atoms with E-state index < -0.39 is 11.5 Å². The second kappa shape index (κ2) is 5.68. The van der Waals surface area contributed by atoms with Crippen LogP contribution in [0, 0.1) is 17.8 Å². The highest BCUT2D eigenvalue weighted by molar-refractivity contribution is 5.93. The number of carbonyl (C=O) groups excluding carboxylic acids is 2. The Bertz CT molecular complexity index is 991. The number of benzene rings is 1. The number of amides is 2. The molecular weight excluding hydrogens is 330 g/mol. The minimum Gasteiger partial charge on any atom is -0.369 e. The van der Waals surface area contributed by atoms with Gasteiger partial charge in [-0.3, -0.25) is 9.59 Å². The molecule has 1 saturated heterocycles. The molecule has 1 aromatic heterocycles. The van der Waals surface area contributed by atoms with Crippen molar-refractivity contribution in [2.75, 3.05) is 7.05 Å². The number of carbonyl (C=O) groups is 2. The highest BCUT2D eigenvalue weighted by atomic mass is 16.3. The molecule has 3 atom stereocenters. The number of hydrogen-bond acceptors (Lipinski definition) is 4. The third-order valence-corrected chi connectivity index (χ3v) is 4.99. The molecule has 2 amide bonds. The third kappa shape index (κ3) is 2.54. The van der Waals surface area contributed by atoms with Gasteiger partial charge in [0.05, 0.1) is 5.69 Å². The van der Waals surface area contributed by atoms with Gasteiger partial charge in [-0.05, 0) is 30.7 Å². The second-order valence-electron chi connectivity index (χ2n) is 6.70. The van der Waals surface area contributed by atoms with E-state index >= 15 is 0 Å². The molecule has 1 aliphatic heterocycles. The lowest BCUT2D eigenvalue weighted by Gasteiger charge is -2.18. The van der Waals surface area contributed by atoms with E-state index in [1.165, 1.54) is 0 Å². The molecule has 3 N–H and O–H groups in total. The molecule has 26 heavy (non-hydrogen) atoms. The Morgan fingerprint density at radius 1 is 1.35 bits per heavy atom. The summed E-state index contributed by atoms with van der Waals surface area (Å²) in [6.07, 6.45) is 0.789. The molecule has 130 valence electrons. The first-order valence-electron chi connectivity index (χ1n) is 8.30. The number of aromatic nitrogens is 1. The highest BCUT2D eigenvalue weighted by Gasteiger charge is 2.66. The van der Waals surface area contributed by atoms with E-state index in [0.717, 1.165) is 12.0 Å². The quantitative estimate of drug-likeness (QED) is 0.785. The number of nitrogens with two attached hydrogens (primary N) is 1. The second-order valence-corrected chi connectivity index (χ2v) is 6.70. The van der Waals surface area contributed by atoms with Crippen molar-refractivity contribution < 1.29 is 14.7 Å². The molecule has 1 saturated carbocycles. The molecule has 2 aliphatic rings. The molecule has 0 bridgehead atoms. The first-order chi connectivity index (χ1) is 12.4. The van der Waals surface area contributed by atoms with Crippen molar-refractivity contribution in [2.45, 2.75) is 18.1 Å². The zero-order chi connectivity index (χ0) is 18.5. The van der Waals surface area contributed by atoms with Crippen LogP contribution in [0.4, 0.5) is 0 Å². The Labute approximate surface area is 150 Å². The fraction of sp³-hybridized carbons (Fsp3) is 0.250. The van der Waals surface area contributed by atoms with Gasteiger partial charge in [-0.15, -0.1) is 0 Å². The summed E-state index contributed by atoms with van der Waals surface area (Å²) in [7, 11) is 1.70. The fourth-order valence-electron chi connectivity index (χ4n) is 3.44. The number of likely N-dealkylation sites (tertiary alicyclic amines) is 1. The number of nitrogens with zero attached hydrogens (tertiary/aromatic N) is 2. The van der Waals surface area contributed by atoms with E-state index in [1.54, 1.807) is 42.3 Å². The Morgan fingerprint density at radius 3 is 2.81 bits per heavy atom. The van der Waals surface area contributed by atoms with Gasteiger partial charge in [0.25, 0.3) is 11.8 Å². The Hall–Kier alpha value is -3.17. The Kier molecular flexibility index (Phi) is 3.56. The van der Waals surface area contributed by atoms with E-state index in [1.807, 2.05) is 12.1 Å². The molecule has 2 unspecified atom stereocenters. The van der Waals surface area contributed by atoms with Crippen molar-refractivity contribution in [3.8, 4) is 23.1 Å². The van der Waals surface area contributed by atoms with Crippen LogP contribution in [0.25, 0.3) is 11.3 Å². The Balaban J connectivity index is 1.65. The van der Waals surface area contributed by atoms with Crippen LogP contribution in [-0.2, 0) is 4.79 Å². The minimum atomic E-state index is -1.60. The number of fused-ring (bicyclic) bond motifs is 1. The van der Waals surface area contributed by atoms with Crippen LogP contribution >= 0.6 is 0 Å². The van der Waals surface area contributed by atoms with Gasteiger partial charge >= 0.3 is 0 Å². The maximum Gasteiger partial charge on any atom is 0.267 e. The van der Waals surface area contributed by atoms with Crippen LogP contribution < -0.4 is 5.73 Å². The number of likely N-dealkylation sites (N-methyl/N-ethyl adjacent to an activating group) is 1. The normalized spacial score (nSPS) is 26.1. The highest BCUT2D eigenvalue weighted by Crippen LogP contribution is 2.50. The molecule has 1 aromatic carbocycles. The number of aliphatic hydroxyl groups is 1. The van der Waals surface area contributed by atoms with Crippen LogP contribution in [0.2, 0.25) is 0 Å². The zero-order valence-electron chi connectivity index (χ0n) is 14.1. The summed E-state index contributed by atoms with van der Waals surface area (Å²) in [4.78, 5) is 29.3. The largest absolute Gasteiger partial charge is 0.369 e. The van der Waals surface area contributed by atoms with Gasteiger partial charge in [0.2, 0.25) is 5.60 Å². The summed E-state index contributed by atoms with van der Waals surface area (Å²) in [6, 6.07) is 12.4. The molecule has 2 aromatic rings. The van der Waals surface area contributed by atoms with Gasteiger partial charge in [-0.2, -0.15) is 0 Å². The molecule has 0 radical (unpaired) electrons. The predicted molar refractivity (Wildman–Crippen MR) is 94.7 cm³/mol. The lowest BCUT2D eigenvalue weighted by atomic mass is 9.98. The average molecular weight is 347 g/mol. The maximum atomic E-state index is 12.2. The van der Waals surface area contributed by atoms with Gasteiger partial charge in [0.15, 0.2) is 0 Å². The lowest BCUT2D eigenvalue weighted by molar-refractivity contribution is -0.140. The van der Waals surface area contributed by atoms with Crippen LogP contribution in [0.3, 0.4) is 0 Å². The van der Waals surface area contributed by atoms with Gasteiger partial charge in [0, 0.05) is 30.1 Å². The standard InChI is InChI=1S/C20H17N3O3/c1-23-17-11-14(17)20(26,19(23)25)9-8-12-4-2-5-13(10-12)15-6-3-7-16(22-15)18(21)24/h2-7,10,14,17,26H,11H2,1H3,(H2,21,24)/t14?,17?,20-/m0/s1. The summed E-state index contributed by atoms with van der Waals surface area (Å²) in [6.45, 7) is 0. The van der Waals surface area contributed by atoms with Crippen LogP contribution in [0.1, 0.15) is 22.5 Å². The first kappa shape index (κ1) is 16.3. The van der Waals surface area contributed by atoms with Gasteiger partial charge in [-0.25, -0.2) is 4.98 Å². The number of piperidine rings is 1. The smallest absolute Gasteiger partial charge is 0.267 e. The van der Waals surface area contributed by atoms with Crippen molar-refractivity contribution in [3.05, 3.63) is 53.7 Å². The summed E-state index contributed by atoms with van der Waals surface area (Å²) < 4.78 is 0. The van der Waals surface area contributed by atoms with Crippen molar-refractivity contribution in [1.82, 2.24) is 9.88 Å². The molecular formula is C20H17N3O3. The average Bonchev–Trinajstić information content (AvgIpc) is 3.43. The van der Waals surface area contributed by atoms with Crippen LogP contribution in [-0.4, -0.2) is 45.5 Å². The molecule has 6 nitrogen and oxygen atoms in total. The summed E-state index contributed by atoms with van der Waals surface area (Å²) >= 11 is 0. The first-order valence-corrected chi connectivity index (χ1v) is 8.30. The van der Waals surface area contributed by atoms with E-state index in [0.29, 0.717) is 11.3 Å². The van der Waals surface area contributed by atoms with E-state index in [9.17, 15) is 14.7 Å². The van der Waals surface area contributed by atoms with Crippen molar-refractivity contribution in [3.63, 3.8) is 0 Å². The van der Waals surface area contributed by atoms with Gasteiger partial charge < -0.3 is 15.7 Å². The lowest BCUT2D eigenvalue weighted by Crippen LogP contribution is -2.41. The monoisotopic (exact) mass is 347 g/mol. The molecule has 1 aliphatic carbocycles. The number of pyridine rings is 1. The molecule has 6 heteroatoms. The predicted octanol–water partition coefficient (Wildman–Crippen LogP) is 0.791. The van der Waals surface area contributed by atoms with Crippen molar-refractivity contribution >= 4 is 11.8 Å². The summed E-state index contributed by atoms with van der Waals surface area (Å²) in [5.41, 5.74) is 5.89. The molecule has 2 fully saturated rings. The summed E-state index contributed by atoms with van der Waals surface area (Å²) in [5.74, 6) is 4.66. The van der Waals surface area contributed by atoms with Gasteiger partial charge in [0.1, 0.15) is 5.69 Å². The van der Waals surface area contributed by atoms with Crippen molar-refractivity contribution in [2.24, 2.45) is 11.7 Å². The number of hydrogen-bond donors (Lipinski definition) is 2. The maximum absolute atomic E-state index is 12.2. The molecule has 0 spiro atoms. The third-order valence-electron chi connectivity index (χ3n) is 4.99. The number of rotatable bonds is 2. The van der Waals surface area contributed by atoms with Crippen molar-refractivity contribution in [1.29, 1.82) is 0 Å². The topological polar surface area (TPSA) is 96.5 Å². The van der Waals surface area contributed by atoms with Gasteiger partial charge in [-0.1, -0.05) is 30.0 Å². The van der Waals surface area contributed by atoms with Crippen LogP contribution in [0.15, 0.2) is 42.5 Å². The molecule has 2 heterocycles. The van der Waals surface area contributed by atoms with E-state index in [4.69, 9.17) is 5.73 Å². The van der Waals surface area contributed by atoms with Crippen LogP contribution in [0.5, 0.6) is 0 Å². The SMILES string of the molecule is CN1C(=O)[C@](O)(C#Cc2cccc(-c3cccc(C(N)=O)n3)c2)C2CC21. The van der Waals surface area contributed by atoms with E-state index in [-0.39, 0.29) is 23.6 Å². The number of primary amides is 1. The zero-order valence-corrected chi connectivity index (χ0v) is 14.1. The fourth-order valence-corrected chi connectivity index (χ4v) is 3.44. The Morgan fingerprint density at radius 2 is 2.12 bits per heavy atom. The van der Waals surface area contributed by atoms with E-state index in [2.05, 4.69) is 16.8 Å². The summed E-state index contributed by atoms with van der Waals surface area (Å²) in [5, 5.41) is 10.7. The molecule has 4 rings (SSSR count).